The van der Waals surface area contributed by atoms with Gasteiger partial charge in [-0.1, -0.05) is 33.8 Å². The highest BCUT2D eigenvalue weighted by molar-refractivity contribution is 5.66. The lowest BCUT2D eigenvalue weighted by Crippen LogP contribution is -2.50. The van der Waals surface area contributed by atoms with Gasteiger partial charge < -0.3 is 10.2 Å². The number of aliphatic hydroxyl groups excluding tert-OH is 1. The van der Waals surface area contributed by atoms with E-state index in [0.717, 1.165) is 19.3 Å². The minimum absolute atomic E-state index is 0.129. The average molecular weight is 322 g/mol. The third kappa shape index (κ3) is 3.50. The van der Waals surface area contributed by atoms with Crippen LogP contribution in [-0.4, -0.2) is 22.8 Å². The fourth-order valence-electron chi connectivity index (χ4n) is 5.40. The molecule has 0 aliphatic heterocycles. The molecule has 1 saturated carbocycles. The van der Waals surface area contributed by atoms with E-state index in [2.05, 4.69) is 33.8 Å². The van der Waals surface area contributed by atoms with E-state index < -0.39 is 5.97 Å². The van der Waals surface area contributed by atoms with Crippen molar-refractivity contribution in [1.82, 2.24) is 0 Å². The van der Waals surface area contributed by atoms with Crippen LogP contribution >= 0.6 is 0 Å². The average Bonchev–Trinajstić information content (AvgIpc) is 2.48. The summed E-state index contributed by atoms with van der Waals surface area (Å²) in [5.74, 6) is 0.812. The van der Waals surface area contributed by atoms with Crippen LogP contribution in [0.15, 0.2) is 11.6 Å². The Morgan fingerprint density at radius 1 is 1.39 bits per heavy atom. The number of carboxylic acid groups (broad SMARTS) is 1. The zero-order valence-electron chi connectivity index (χ0n) is 15.3. The van der Waals surface area contributed by atoms with Gasteiger partial charge in [-0.15, -0.1) is 0 Å². The van der Waals surface area contributed by atoms with E-state index in [1.807, 2.05) is 0 Å². The Hall–Kier alpha value is -0.830. The number of fused-ring (bicyclic) bond motifs is 1. The van der Waals surface area contributed by atoms with E-state index in [1.54, 1.807) is 0 Å². The Labute approximate surface area is 141 Å². The van der Waals surface area contributed by atoms with Gasteiger partial charge in [-0.2, -0.15) is 0 Å². The van der Waals surface area contributed by atoms with Crippen molar-refractivity contribution < 1.29 is 15.0 Å². The van der Waals surface area contributed by atoms with Crippen molar-refractivity contribution in [2.45, 2.75) is 72.6 Å². The van der Waals surface area contributed by atoms with Crippen LogP contribution in [0.4, 0.5) is 0 Å². The lowest BCUT2D eigenvalue weighted by Gasteiger charge is -2.58. The zero-order valence-corrected chi connectivity index (χ0v) is 15.3. The van der Waals surface area contributed by atoms with Crippen LogP contribution in [0.2, 0.25) is 0 Å². The van der Waals surface area contributed by atoms with Crippen LogP contribution < -0.4 is 0 Å². The van der Waals surface area contributed by atoms with E-state index in [1.165, 1.54) is 24.8 Å². The largest absolute Gasteiger partial charge is 0.481 e. The van der Waals surface area contributed by atoms with Gasteiger partial charge in [0.25, 0.3) is 0 Å². The minimum atomic E-state index is -0.688. The smallest absolute Gasteiger partial charge is 0.303 e. The van der Waals surface area contributed by atoms with Gasteiger partial charge in [0.1, 0.15) is 0 Å². The maximum absolute atomic E-state index is 10.9. The number of carboxylic acids is 1. The lowest BCUT2D eigenvalue weighted by molar-refractivity contribution is -0.138. The van der Waals surface area contributed by atoms with Crippen LogP contribution in [-0.2, 0) is 4.79 Å². The van der Waals surface area contributed by atoms with E-state index >= 15 is 0 Å². The summed E-state index contributed by atoms with van der Waals surface area (Å²) >= 11 is 0. The molecule has 2 aliphatic carbocycles. The first-order valence-electron chi connectivity index (χ1n) is 9.26. The zero-order chi connectivity index (χ0) is 17.3. The first kappa shape index (κ1) is 18.5. The van der Waals surface area contributed by atoms with Crippen LogP contribution in [0.1, 0.15) is 72.6 Å². The molecule has 23 heavy (non-hydrogen) atoms. The van der Waals surface area contributed by atoms with Gasteiger partial charge in [0.2, 0.25) is 0 Å². The maximum Gasteiger partial charge on any atom is 0.303 e. The fourth-order valence-corrected chi connectivity index (χ4v) is 5.40. The number of allylic oxidation sites excluding steroid dienone is 1. The summed E-state index contributed by atoms with van der Waals surface area (Å²) in [6, 6.07) is 0. The second kappa shape index (κ2) is 6.96. The van der Waals surface area contributed by atoms with Crippen LogP contribution in [0, 0.1) is 28.6 Å². The Balaban J connectivity index is 2.18. The molecule has 3 heteroatoms. The van der Waals surface area contributed by atoms with Crippen LogP contribution in [0.3, 0.4) is 0 Å². The molecule has 0 radical (unpaired) electrons. The number of hydrogen-bond donors (Lipinski definition) is 2. The number of rotatable bonds is 6. The standard InChI is InChI=1S/C20H34O3/c1-14(12-18(22)23)8-10-19(3)15(2)9-11-20(4)16(13-21)6-5-7-17(19)20/h6,14-15,17,21H,5,7-13H2,1-4H3,(H,22,23)/t14-,15+,17+,19-,20+/m0/s1. The second-order valence-electron chi connectivity index (χ2n) is 8.62. The summed E-state index contributed by atoms with van der Waals surface area (Å²) in [5.41, 5.74) is 1.61. The Morgan fingerprint density at radius 3 is 2.70 bits per heavy atom. The predicted molar refractivity (Wildman–Crippen MR) is 93.2 cm³/mol. The van der Waals surface area contributed by atoms with E-state index in [-0.39, 0.29) is 29.8 Å². The molecule has 0 aromatic heterocycles. The molecule has 0 aromatic carbocycles. The highest BCUT2D eigenvalue weighted by atomic mass is 16.4. The molecule has 0 heterocycles. The molecular weight excluding hydrogens is 288 g/mol. The van der Waals surface area contributed by atoms with E-state index in [9.17, 15) is 9.90 Å². The monoisotopic (exact) mass is 322 g/mol. The molecular formula is C20H34O3. The Kier molecular flexibility index (Phi) is 5.60. The van der Waals surface area contributed by atoms with Gasteiger partial charge in [0.15, 0.2) is 0 Å². The number of aliphatic carboxylic acids is 1. The normalized spacial score (nSPS) is 38.6. The molecule has 0 bridgehead atoms. The molecule has 2 rings (SSSR count). The molecule has 0 aromatic rings. The van der Waals surface area contributed by atoms with E-state index in [4.69, 9.17) is 5.11 Å². The number of hydrogen-bond acceptors (Lipinski definition) is 2. The highest BCUT2D eigenvalue weighted by Gasteiger charge is 2.53. The highest BCUT2D eigenvalue weighted by Crippen LogP contribution is 2.61. The molecule has 0 unspecified atom stereocenters. The quantitative estimate of drug-likeness (QED) is 0.700. The summed E-state index contributed by atoms with van der Waals surface area (Å²) in [7, 11) is 0. The molecule has 2 N–H and O–H groups in total. The van der Waals surface area contributed by atoms with Crippen LogP contribution in [0.5, 0.6) is 0 Å². The fraction of sp³-hybridized carbons (Fsp3) is 0.850. The summed E-state index contributed by atoms with van der Waals surface area (Å²) in [6.07, 6.45) is 9.27. The van der Waals surface area contributed by atoms with Crippen molar-refractivity contribution in [3.8, 4) is 0 Å². The molecule has 0 amide bonds. The first-order chi connectivity index (χ1) is 10.7. The second-order valence-corrected chi connectivity index (χ2v) is 8.62. The lowest BCUT2D eigenvalue weighted by atomic mass is 9.46. The molecule has 0 saturated heterocycles. The van der Waals surface area contributed by atoms with E-state index in [0.29, 0.717) is 11.8 Å². The molecule has 3 nitrogen and oxygen atoms in total. The molecule has 1 fully saturated rings. The summed E-state index contributed by atoms with van der Waals surface area (Å²) in [5, 5.41) is 18.8. The molecule has 132 valence electrons. The Morgan fingerprint density at radius 2 is 2.09 bits per heavy atom. The van der Waals surface area contributed by atoms with Crippen molar-refractivity contribution in [2.24, 2.45) is 28.6 Å². The van der Waals surface area contributed by atoms with Gasteiger partial charge >= 0.3 is 5.97 Å². The van der Waals surface area contributed by atoms with Crippen molar-refractivity contribution >= 4 is 5.97 Å². The molecule has 0 spiro atoms. The predicted octanol–water partition coefficient (Wildman–Crippen LogP) is 4.65. The summed E-state index contributed by atoms with van der Waals surface area (Å²) in [4.78, 5) is 10.9. The SMILES string of the molecule is C[C@@H](CC[C@@]1(C)[C@H](C)CC[C@]2(C)C(CO)=CCC[C@H]12)CC(=O)O. The van der Waals surface area contributed by atoms with Gasteiger partial charge in [0.05, 0.1) is 6.61 Å². The van der Waals surface area contributed by atoms with Crippen molar-refractivity contribution in [3.05, 3.63) is 11.6 Å². The van der Waals surface area contributed by atoms with Crippen molar-refractivity contribution in [1.29, 1.82) is 0 Å². The number of aliphatic hydroxyl groups is 1. The van der Waals surface area contributed by atoms with Gasteiger partial charge in [-0.25, -0.2) is 0 Å². The molecule has 5 atom stereocenters. The third-order valence-electron chi connectivity index (χ3n) is 7.24. The number of carbonyl (C=O) groups is 1. The minimum Gasteiger partial charge on any atom is -0.481 e. The van der Waals surface area contributed by atoms with Gasteiger partial charge in [-0.05, 0) is 72.7 Å². The Bertz CT molecular complexity index is 470. The third-order valence-corrected chi connectivity index (χ3v) is 7.24. The van der Waals surface area contributed by atoms with Gasteiger partial charge in [-0.3, -0.25) is 4.79 Å². The topological polar surface area (TPSA) is 57.5 Å². The van der Waals surface area contributed by atoms with Crippen LogP contribution in [0.25, 0.3) is 0 Å². The molecule has 2 aliphatic rings. The summed E-state index contributed by atoms with van der Waals surface area (Å²) in [6.45, 7) is 9.40. The van der Waals surface area contributed by atoms with Gasteiger partial charge in [0, 0.05) is 6.42 Å². The summed E-state index contributed by atoms with van der Waals surface area (Å²) < 4.78 is 0. The maximum atomic E-state index is 10.9. The van der Waals surface area contributed by atoms with Crippen molar-refractivity contribution in [3.63, 3.8) is 0 Å². The first-order valence-corrected chi connectivity index (χ1v) is 9.26. The van der Waals surface area contributed by atoms with Crippen molar-refractivity contribution in [2.75, 3.05) is 6.61 Å².